The summed E-state index contributed by atoms with van der Waals surface area (Å²) >= 11 is 6.98. The number of benzene rings is 2. The van der Waals surface area contributed by atoms with Crippen molar-refractivity contribution in [1.29, 1.82) is 0 Å². The number of halogens is 2. The van der Waals surface area contributed by atoms with Crippen LogP contribution in [-0.4, -0.2) is 18.7 Å². The highest BCUT2D eigenvalue weighted by molar-refractivity contribution is 9.11. The van der Waals surface area contributed by atoms with Gasteiger partial charge in [0.05, 0.1) is 12.8 Å². The van der Waals surface area contributed by atoms with E-state index in [1.54, 1.807) is 30.5 Å². The highest BCUT2D eigenvalue weighted by Crippen LogP contribution is 2.25. The monoisotopic (exact) mass is 452 g/mol. The van der Waals surface area contributed by atoms with Crippen LogP contribution in [0.15, 0.2) is 50.4 Å². The molecule has 0 bridgehead atoms. The first-order valence-corrected chi connectivity index (χ1v) is 9.11. The zero-order valence-electron chi connectivity index (χ0n) is 13.5. The van der Waals surface area contributed by atoms with E-state index < -0.39 is 0 Å². The first-order valence-electron chi connectivity index (χ1n) is 7.53. The molecule has 0 saturated carbocycles. The van der Waals surface area contributed by atoms with Crippen molar-refractivity contribution in [3.05, 3.63) is 62.0 Å². The Labute approximate surface area is 158 Å². The van der Waals surface area contributed by atoms with Gasteiger partial charge in [-0.3, -0.25) is 4.79 Å². The summed E-state index contributed by atoms with van der Waals surface area (Å²) in [6.45, 7) is 4.72. The quantitative estimate of drug-likeness (QED) is 0.490. The SMILES string of the molecule is CCCOc1ccc(C(=O)N/N=C\c2cc(Br)c(C)c(Br)c2)cc1. The van der Waals surface area contributed by atoms with Crippen molar-refractivity contribution in [2.24, 2.45) is 5.10 Å². The first-order chi connectivity index (χ1) is 11.5. The summed E-state index contributed by atoms with van der Waals surface area (Å²) in [5.74, 6) is 0.491. The summed E-state index contributed by atoms with van der Waals surface area (Å²) < 4.78 is 7.45. The first kappa shape index (κ1) is 18.7. The number of carbonyl (C=O) groups excluding carboxylic acids is 1. The molecule has 4 nitrogen and oxygen atoms in total. The van der Waals surface area contributed by atoms with Gasteiger partial charge in [0.1, 0.15) is 5.75 Å². The van der Waals surface area contributed by atoms with Gasteiger partial charge < -0.3 is 4.74 Å². The van der Waals surface area contributed by atoms with Crippen LogP contribution in [0.25, 0.3) is 0 Å². The van der Waals surface area contributed by atoms with Crippen LogP contribution in [0.2, 0.25) is 0 Å². The molecule has 0 aliphatic carbocycles. The molecule has 0 heterocycles. The van der Waals surface area contributed by atoms with Crippen molar-refractivity contribution in [3.63, 3.8) is 0 Å². The maximum atomic E-state index is 12.1. The number of rotatable bonds is 6. The summed E-state index contributed by atoms with van der Waals surface area (Å²) in [5.41, 5.74) is 5.04. The molecule has 1 N–H and O–H groups in total. The minimum atomic E-state index is -0.265. The zero-order valence-corrected chi connectivity index (χ0v) is 16.6. The smallest absolute Gasteiger partial charge is 0.271 e. The number of nitrogens with one attached hydrogen (secondary N) is 1. The Morgan fingerprint density at radius 1 is 1.21 bits per heavy atom. The summed E-state index contributed by atoms with van der Waals surface area (Å²) in [5, 5.41) is 4.00. The molecular weight excluding hydrogens is 436 g/mol. The van der Waals surface area contributed by atoms with Gasteiger partial charge >= 0.3 is 0 Å². The normalized spacial score (nSPS) is 10.8. The number of hydrazone groups is 1. The molecule has 0 atom stereocenters. The van der Waals surface area contributed by atoms with Crippen LogP contribution in [0.3, 0.4) is 0 Å². The van der Waals surface area contributed by atoms with Crippen molar-refractivity contribution in [1.82, 2.24) is 5.43 Å². The predicted octanol–water partition coefficient (Wildman–Crippen LogP) is 5.07. The van der Waals surface area contributed by atoms with Crippen molar-refractivity contribution in [3.8, 4) is 5.75 Å². The second-order valence-electron chi connectivity index (χ2n) is 5.18. The van der Waals surface area contributed by atoms with Crippen LogP contribution < -0.4 is 10.2 Å². The Morgan fingerprint density at radius 2 is 1.83 bits per heavy atom. The van der Waals surface area contributed by atoms with Gasteiger partial charge in [0, 0.05) is 14.5 Å². The van der Waals surface area contributed by atoms with E-state index in [-0.39, 0.29) is 5.91 Å². The largest absolute Gasteiger partial charge is 0.494 e. The molecule has 6 heteroatoms. The minimum absolute atomic E-state index is 0.265. The predicted molar refractivity (Wildman–Crippen MR) is 104 cm³/mol. The highest BCUT2D eigenvalue weighted by Gasteiger charge is 2.05. The summed E-state index contributed by atoms with van der Waals surface area (Å²) in [6, 6.07) is 10.9. The maximum absolute atomic E-state index is 12.1. The molecule has 0 spiro atoms. The Morgan fingerprint density at radius 3 is 2.42 bits per heavy atom. The molecule has 0 radical (unpaired) electrons. The number of amides is 1. The van der Waals surface area contributed by atoms with Gasteiger partial charge in [-0.25, -0.2) is 5.43 Å². The molecule has 2 aromatic carbocycles. The maximum Gasteiger partial charge on any atom is 0.271 e. The lowest BCUT2D eigenvalue weighted by molar-refractivity contribution is 0.0955. The van der Waals surface area contributed by atoms with Crippen molar-refractivity contribution < 1.29 is 9.53 Å². The Kier molecular flexibility index (Phi) is 6.99. The molecular formula is C18H18Br2N2O2. The van der Waals surface area contributed by atoms with Gasteiger partial charge in [-0.2, -0.15) is 5.10 Å². The van der Waals surface area contributed by atoms with Crippen LogP contribution in [0.5, 0.6) is 5.75 Å². The zero-order chi connectivity index (χ0) is 17.5. The molecule has 2 aromatic rings. The van der Waals surface area contributed by atoms with Gasteiger partial charge in [-0.05, 0) is 60.9 Å². The molecule has 1 amide bonds. The standard InChI is InChI=1S/C18H18Br2N2O2/c1-3-8-24-15-6-4-14(5-7-15)18(23)22-21-11-13-9-16(19)12(2)17(20)10-13/h4-7,9-11H,3,8H2,1-2H3,(H,22,23)/b21-11-. The average Bonchev–Trinajstić information content (AvgIpc) is 2.58. The minimum Gasteiger partial charge on any atom is -0.494 e. The van der Waals surface area contributed by atoms with E-state index in [4.69, 9.17) is 4.74 Å². The second-order valence-corrected chi connectivity index (χ2v) is 6.89. The molecule has 0 saturated heterocycles. The lowest BCUT2D eigenvalue weighted by Gasteiger charge is -2.05. The number of hydrogen-bond donors (Lipinski definition) is 1. The highest BCUT2D eigenvalue weighted by atomic mass is 79.9. The van der Waals surface area contributed by atoms with Crippen molar-refractivity contribution in [2.45, 2.75) is 20.3 Å². The van der Waals surface area contributed by atoms with Crippen molar-refractivity contribution in [2.75, 3.05) is 6.61 Å². The number of ether oxygens (including phenoxy) is 1. The van der Waals surface area contributed by atoms with E-state index in [1.165, 1.54) is 0 Å². The molecule has 0 aromatic heterocycles. The van der Waals surface area contributed by atoms with Gasteiger partial charge in [-0.1, -0.05) is 38.8 Å². The Bertz CT molecular complexity index is 720. The number of carbonyl (C=O) groups is 1. The van der Waals surface area contributed by atoms with Gasteiger partial charge in [0.15, 0.2) is 0 Å². The third kappa shape index (κ3) is 5.18. The van der Waals surface area contributed by atoms with Crippen LogP contribution >= 0.6 is 31.9 Å². The number of nitrogens with zero attached hydrogens (tertiary/aromatic N) is 1. The lowest BCUT2D eigenvalue weighted by Crippen LogP contribution is -2.17. The number of hydrogen-bond acceptors (Lipinski definition) is 3. The average molecular weight is 454 g/mol. The third-order valence-corrected chi connectivity index (χ3v) is 4.92. The van der Waals surface area contributed by atoms with Crippen LogP contribution in [-0.2, 0) is 0 Å². The molecule has 24 heavy (non-hydrogen) atoms. The third-order valence-electron chi connectivity index (χ3n) is 3.27. The van der Waals surface area contributed by atoms with Crippen LogP contribution in [0, 0.1) is 6.92 Å². The summed E-state index contributed by atoms with van der Waals surface area (Å²) in [4.78, 5) is 12.1. The molecule has 126 valence electrons. The van der Waals surface area contributed by atoms with E-state index in [1.807, 2.05) is 26.0 Å². The second kappa shape index (κ2) is 8.99. The van der Waals surface area contributed by atoms with E-state index in [9.17, 15) is 4.79 Å². The fraction of sp³-hybridized carbons (Fsp3) is 0.222. The molecule has 0 aliphatic heterocycles. The van der Waals surface area contributed by atoms with E-state index in [0.29, 0.717) is 12.2 Å². The summed E-state index contributed by atoms with van der Waals surface area (Å²) in [7, 11) is 0. The fourth-order valence-electron chi connectivity index (χ4n) is 1.89. The van der Waals surface area contributed by atoms with Gasteiger partial charge in [0.25, 0.3) is 5.91 Å². The fourth-order valence-corrected chi connectivity index (χ4v) is 3.11. The van der Waals surface area contributed by atoms with Crippen molar-refractivity contribution >= 4 is 44.0 Å². The van der Waals surface area contributed by atoms with E-state index in [0.717, 1.165) is 32.2 Å². The molecule has 0 fully saturated rings. The Balaban J connectivity index is 1.97. The topological polar surface area (TPSA) is 50.7 Å². The van der Waals surface area contributed by atoms with E-state index in [2.05, 4.69) is 42.4 Å². The van der Waals surface area contributed by atoms with E-state index >= 15 is 0 Å². The molecule has 2 rings (SSSR count). The Hall–Kier alpha value is -1.66. The molecule has 0 unspecified atom stereocenters. The van der Waals surface area contributed by atoms with Gasteiger partial charge in [-0.15, -0.1) is 0 Å². The molecule has 0 aliphatic rings. The van der Waals surface area contributed by atoms with Crippen LogP contribution in [0.4, 0.5) is 0 Å². The lowest BCUT2D eigenvalue weighted by atomic mass is 10.2. The van der Waals surface area contributed by atoms with Crippen LogP contribution in [0.1, 0.15) is 34.8 Å². The summed E-state index contributed by atoms with van der Waals surface area (Å²) in [6.07, 6.45) is 2.55. The van der Waals surface area contributed by atoms with Gasteiger partial charge in [0.2, 0.25) is 0 Å².